The van der Waals surface area contributed by atoms with Crippen molar-refractivity contribution in [2.75, 3.05) is 13.2 Å². The third kappa shape index (κ3) is 57.3. The molecule has 0 spiro atoms. The molecule has 6 heteroatoms. The van der Waals surface area contributed by atoms with E-state index >= 15 is 0 Å². The van der Waals surface area contributed by atoms with Crippen LogP contribution >= 0.6 is 0 Å². The lowest BCUT2D eigenvalue weighted by Gasteiger charge is -2.18. The molecule has 0 aliphatic carbocycles. The van der Waals surface area contributed by atoms with Gasteiger partial charge < -0.3 is 14.2 Å². The van der Waals surface area contributed by atoms with Crippen LogP contribution in [0.2, 0.25) is 0 Å². The molecule has 1 atom stereocenters. The Bertz CT molecular complexity index is 1070. The van der Waals surface area contributed by atoms with Gasteiger partial charge in [-0.25, -0.2) is 0 Å². The molecule has 0 unspecified atom stereocenters. The Morgan fingerprint density at radius 3 is 0.700 bits per heavy atom. The van der Waals surface area contributed by atoms with Gasteiger partial charge >= 0.3 is 17.9 Å². The maximum Gasteiger partial charge on any atom is 0.306 e. The fourth-order valence-electron chi connectivity index (χ4n) is 9.93. The highest BCUT2D eigenvalue weighted by molar-refractivity contribution is 5.71. The number of unbranched alkanes of at least 4 members (excludes halogenated alkanes) is 43. The van der Waals surface area contributed by atoms with Gasteiger partial charge in [0, 0.05) is 19.3 Å². The van der Waals surface area contributed by atoms with Crippen LogP contribution in [-0.4, -0.2) is 37.2 Å². The van der Waals surface area contributed by atoms with Crippen molar-refractivity contribution in [1.29, 1.82) is 0 Å². The van der Waals surface area contributed by atoms with Gasteiger partial charge in [0.15, 0.2) is 6.10 Å². The molecule has 0 fully saturated rings. The van der Waals surface area contributed by atoms with Crippen molar-refractivity contribution < 1.29 is 28.6 Å². The van der Waals surface area contributed by atoms with Crippen LogP contribution < -0.4 is 0 Å². The minimum atomic E-state index is -0.764. The maximum absolute atomic E-state index is 12.9. The zero-order valence-corrected chi connectivity index (χ0v) is 48.2. The lowest BCUT2D eigenvalue weighted by atomic mass is 10.0. The lowest BCUT2D eigenvalue weighted by molar-refractivity contribution is -0.167. The summed E-state index contributed by atoms with van der Waals surface area (Å²) in [5, 5.41) is 0. The molecule has 0 saturated carbocycles. The molecule has 0 aromatic carbocycles. The summed E-state index contributed by atoms with van der Waals surface area (Å²) in [6.07, 6.45) is 62.5. The van der Waals surface area contributed by atoms with E-state index in [1.807, 2.05) is 0 Å². The summed E-state index contributed by atoms with van der Waals surface area (Å²) in [5.41, 5.74) is 0. The highest BCUT2D eigenvalue weighted by Gasteiger charge is 2.19. The van der Waals surface area contributed by atoms with Crippen LogP contribution in [0.25, 0.3) is 0 Å². The summed E-state index contributed by atoms with van der Waals surface area (Å²) in [7, 11) is 0. The number of rotatable bonds is 58. The lowest BCUT2D eigenvalue weighted by Crippen LogP contribution is -2.30. The van der Waals surface area contributed by atoms with Crippen LogP contribution in [0.5, 0.6) is 0 Å². The Morgan fingerprint density at radius 1 is 0.271 bits per heavy atom. The Hall–Kier alpha value is -1.59. The van der Waals surface area contributed by atoms with E-state index in [2.05, 4.69) is 34.6 Å². The Kier molecular flexibility index (Phi) is 55.4. The third-order valence-electron chi connectivity index (χ3n) is 14.7. The van der Waals surface area contributed by atoms with Gasteiger partial charge in [0.1, 0.15) is 13.2 Å². The highest BCUT2D eigenvalue weighted by atomic mass is 16.6. The molecule has 0 amide bonds. The Balaban J connectivity index is 4.25. The van der Waals surface area contributed by atoms with Gasteiger partial charge in [-0.2, -0.15) is 0 Å². The molecule has 6 nitrogen and oxygen atoms in total. The van der Waals surface area contributed by atoms with Gasteiger partial charge in [0.2, 0.25) is 0 Å². The molecule has 416 valence electrons. The van der Waals surface area contributed by atoms with Crippen LogP contribution in [-0.2, 0) is 28.6 Å². The standard InChI is InChI=1S/C64H124O6/c1-6-7-8-9-10-11-12-13-14-15-19-22-25-28-34-39-44-49-54-62(65)68-57-61(58-69-63(66)55-50-45-40-35-31-30-33-38-43-48-53-60(4)5)70-64(67)56-51-46-41-36-29-26-23-20-17-16-18-21-24-27-32-37-42-47-52-59(2)3/h59-61H,6-58H2,1-5H3/t61-/m0/s1. The fourth-order valence-corrected chi connectivity index (χ4v) is 9.93. The third-order valence-corrected chi connectivity index (χ3v) is 14.7. The highest BCUT2D eigenvalue weighted by Crippen LogP contribution is 2.19. The van der Waals surface area contributed by atoms with Gasteiger partial charge in [0.25, 0.3) is 0 Å². The molecule has 0 bridgehead atoms. The van der Waals surface area contributed by atoms with Crippen LogP contribution in [0.3, 0.4) is 0 Å². The first-order valence-corrected chi connectivity index (χ1v) is 31.7. The number of hydrogen-bond donors (Lipinski definition) is 0. The Morgan fingerprint density at radius 2 is 0.471 bits per heavy atom. The molecule has 0 aliphatic rings. The molecular formula is C64H124O6. The van der Waals surface area contributed by atoms with E-state index in [0.29, 0.717) is 19.3 Å². The summed E-state index contributed by atoms with van der Waals surface area (Å²) >= 11 is 0. The first kappa shape index (κ1) is 68.4. The summed E-state index contributed by atoms with van der Waals surface area (Å²) < 4.78 is 16.9. The van der Waals surface area contributed by atoms with E-state index in [0.717, 1.165) is 69.6 Å². The fraction of sp³-hybridized carbons (Fsp3) is 0.953. The maximum atomic E-state index is 12.9. The van der Waals surface area contributed by atoms with E-state index < -0.39 is 6.10 Å². The molecule has 0 aliphatic heterocycles. The first-order chi connectivity index (χ1) is 34.2. The van der Waals surface area contributed by atoms with Crippen molar-refractivity contribution in [1.82, 2.24) is 0 Å². The van der Waals surface area contributed by atoms with E-state index in [1.165, 1.54) is 250 Å². The summed E-state index contributed by atoms with van der Waals surface area (Å²) in [4.78, 5) is 38.3. The predicted octanol–water partition coefficient (Wildman–Crippen LogP) is 21.2. The number of esters is 3. The number of hydrogen-bond acceptors (Lipinski definition) is 6. The average Bonchev–Trinajstić information content (AvgIpc) is 3.33. The van der Waals surface area contributed by atoms with Gasteiger partial charge in [-0.1, -0.05) is 324 Å². The topological polar surface area (TPSA) is 78.9 Å². The smallest absolute Gasteiger partial charge is 0.306 e. The zero-order valence-electron chi connectivity index (χ0n) is 48.2. The van der Waals surface area contributed by atoms with Crippen molar-refractivity contribution in [2.24, 2.45) is 11.8 Å². The molecule has 0 heterocycles. The predicted molar refractivity (Wildman–Crippen MR) is 303 cm³/mol. The summed E-state index contributed by atoms with van der Waals surface area (Å²) in [6, 6.07) is 0. The Labute approximate surface area is 438 Å². The van der Waals surface area contributed by atoms with Crippen LogP contribution in [0.4, 0.5) is 0 Å². The number of ether oxygens (including phenoxy) is 3. The van der Waals surface area contributed by atoms with Crippen molar-refractivity contribution in [2.45, 2.75) is 368 Å². The first-order valence-electron chi connectivity index (χ1n) is 31.7. The van der Waals surface area contributed by atoms with Crippen molar-refractivity contribution in [3.63, 3.8) is 0 Å². The van der Waals surface area contributed by atoms with E-state index in [-0.39, 0.29) is 31.1 Å². The van der Waals surface area contributed by atoms with Gasteiger partial charge in [-0.15, -0.1) is 0 Å². The average molecular weight is 990 g/mol. The van der Waals surface area contributed by atoms with Crippen molar-refractivity contribution in [3.8, 4) is 0 Å². The summed E-state index contributed by atoms with van der Waals surface area (Å²) in [5.74, 6) is 0.843. The molecule has 0 saturated heterocycles. The van der Waals surface area contributed by atoms with Crippen LogP contribution in [0.1, 0.15) is 362 Å². The number of carbonyl (C=O) groups excluding carboxylic acids is 3. The van der Waals surface area contributed by atoms with E-state index in [4.69, 9.17) is 14.2 Å². The normalized spacial score (nSPS) is 12.0. The SMILES string of the molecule is CCCCCCCCCCCCCCCCCCCCC(=O)OC[C@@H](COC(=O)CCCCCCCCCCCCC(C)C)OC(=O)CCCCCCCCCCCCCCCCCCCCC(C)C. The second-order valence-corrected chi connectivity index (χ2v) is 23.0. The molecule has 0 aromatic heterocycles. The van der Waals surface area contributed by atoms with Crippen LogP contribution in [0.15, 0.2) is 0 Å². The number of carbonyl (C=O) groups is 3. The summed E-state index contributed by atoms with van der Waals surface area (Å²) in [6.45, 7) is 11.4. The monoisotopic (exact) mass is 989 g/mol. The van der Waals surface area contributed by atoms with Gasteiger partial charge in [-0.05, 0) is 31.1 Å². The second-order valence-electron chi connectivity index (χ2n) is 23.0. The molecule has 0 rings (SSSR count). The van der Waals surface area contributed by atoms with E-state index in [1.54, 1.807) is 0 Å². The zero-order chi connectivity index (χ0) is 51.1. The minimum Gasteiger partial charge on any atom is -0.462 e. The minimum absolute atomic E-state index is 0.0621. The molecule has 0 radical (unpaired) electrons. The molecule has 0 aromatic rings. The molecule has 0 N–H and O–H groups in total. The van der Waals surface area contributed by atoms with Gasteiger partial charge in [-0.3, -0.25) is 14.4 Å². The molecular weight excluding hydrogens is 865 g/mol. The van der Waals surface area contributed by atoms with Crippen LogP contribution in [0, 0.1) is 11.8 Å². The second kappa shape index (κ2) is 56.7. The van der Waals surface area contributed by atoms with Crippen molar-refractivity contribution >= 4 is 17.9 Å². The van der Waals surface area contributed by atoms with E-state index in [9.17, 15) is 14.4 Å². The quantitative estimate of drug-likeness (QED) is 0.0343. The largest absolute Gasteiger partial charge is 0.462 e. The molecule has 70 heavy (non-hydrogen) atoms. The van der Waals surface area contributed by atoms with Gasteiger partial charge in [0.05, 0.1) is 0 Å². The van der Waals surface area contributed by atoms with Crippen molar-refractivity contribution in [3.05, 3.63) is 0 Å².